The molecule has 25 heavy (non-hydrogen) atoms. The number of thioether (sulfide) groups is 1. The van der Waals surface area contributed by atoms with E-state index in [2.05, 4.69) is 48.6 Å². The fourth-order valence-electron chi connectivity index (χ4n) is 2.39. The summed E-state index contributed by atoms with van der Waals surface area (Å²) in [6.45, 7) is 2.07. The molecule has 1 atom stereocenters. The summed E-state index contributed by atoms with van der Waals surface area (Å²) < 4.78 is 0. The summed E-state index contributed by atoms with van der Waals surface area (Å²) in [6, 6.07) is 25.1. The highest BCUT2D eigenvalue weighted by atomic mass is 32.2. The molecule has 0 amide bonds. The van der Waals surface area contributed by atoms with Crippen LogP contribution in [-0.4, -0.2) is 4.92 Å². The maximum atomic E-state index is 10.8. The average molecular weight is 350 g/mol. The number of aryl methyl sites for hydroxylation is 1. The third-order valence-corrected chi connectivity index (χ3v) is 4.92. The smallest absolute Gasteiger partial charge is 0.269 e. The number of nitrogens with zero attached hydrogens (tertiary/aromatic N) is 1. The number of benzene rings is 3. The Kier molecular flexibility index (Phi) is 5.36. The summed E-state index contributed by atoms with van der Waals surface area (Å²) in [5.74, 6) is 0. The molecular weight excluding hydrogens is 332 g/mol. The first-order chi connectivity index (χ1) is 12.1. The SMILES string of the molecule is Cc1ccc(SC(Nc2ccc([N+](=O)[O-])cc2)c2ccccc2)cc1. The first-order valence-electron chi connectivity index (χ1n) is 7.91. The van der Waals surface area contributed by atoms with Crippen LogP contribution in [-0.2, 0) is 0 Å². The van der Waals surface area contributed by atoms with Gasteiger partial charge >= 0.3 is 0 Å². The Bertz CT molecular complexity index is 834. The minimum atomic E-state index is -0.389. The molecule has 1 N–H and O–H groups in total. The predicted octanol–water partition coefficient (Wildman–Crippen LogP) is 5.81. The molecule has 0 aliphatic carbocycles. The van der Waals surface area contributed by atoms with Gasteiger partial charge in [0.05, 0.1) is 4.92 Å². The number of hydrogen-bond acceptors (Lipinski definition) is 4. The van der Waals surface area contributed by atoms with Crippen molar-refractivity contribution in [2.75, 3.05) is 5.32 Å². The van der Waals surface area contributed by atoms with E-state index in [9.17, 15) is 10.1 Å². The third kappa shape index (κ3) is 4.61. The van der Waals surface area contributed by atoms with Crippen LogP contribution >= 0.6 is 11.8 Å². The molecule has 0 radical (unpaired) electrons. The van der Waals surface area contributed by atoms with Gasteiger partial charge in [0.2, 0.25) is 0 Å². The van der Waals surface area contributed by atoms with Gasteiger partial charge in [-0.3, -0.25) is 10.1 Å². The molecule has 0 saturated heterocycles. The summed E-state index contributed by atoms with van der Waals surface area (Å²) in [4.78, 5) is 11.6. The summed E-state index contributed by atoms with van der Waals surface area (Å²) in [6.07, 6.45) is 0. The number of nitro benzene ring substituents is 1. The Balaban J connectivity index is 1.83. The monoisotopic (exact) mass is 350 g/mol. The van der Waals surface area contributed by atoms with E-state index in [4.69, 9.17) is 0 Å². The Morgan fingerprint density at radius 1 is 0.920 bits per heavy atom. The molecule has 0 heterocycles. The second kappa shape index (κ2) is 7.85. The molecule has 3 aromatic rings. The van der Waals surface area contributed by atoms with Crippen molar-refractivity contribution in [3.63, 3.8) is 0 Å². The van der Waals surface area contributed by atoms with Crippen molar-refractivity contribution in [2.45, 2.75) is 17.2 Å². The van der Waals surface area contributed by atoms with Crippen molar-refractivity contribution in [1.29, 1.82) is 0 Å². The quantitative estimate of drug-likeness (QED) is 0.264. The molecule has 0 aliphatic heterocycles. The van der Waals surface area contributed by atoms with Gasteiger partial charge in [-0.1, -0.05) is 59.8 Å². The number of nitro groups is 1. The van der Waals surface area contributed by atoms with Crippen molar-refractivity contribution < 1.29 is 4.92 Å². The molecule has 4 nitrogen and oxygen atoms in total. The molecule has 5 heteroatoms. The highest BCUT2D eigenvalue weighted by molar-refractivity contribution is 7.99. The second-order valence-electron chi connectivity index (χ2n) is 5.67. The summed E-state index contributed by atoms with van der Waals surface area (Å²) in [7, 11) is 0. The highest BCUT2D eigenvalue weighted by Crippen LogP contribution is 2.36. The van der Waals surface area contributed by atoms with Crippen LogP contribution in [0.25, 0.3) is 0 Å². The summed E-state index contributed by atoms with van der Waals surface area (Å²) in [5.41, 5.74) is 3.31. The van der Waals surface area contributed by atoms with E-state index in [1.54, 1.807) is 23.9 Å². The van der Waals surface area contributed by atoms with Crippen LogP contribution in [0.15, 0.2) is 83.8 Å². The van der Waals surface area contributed by atoms with Gasteiger partial charge in [0, 0.05) is 22.7 Å². The van der Waals surface area contributed by atoms with Gasteiger partial charge in [-0.05, 0) is 36.8 Å². The van der Waals surface area contributed by atoms with Crippen LogP contribution in [0.4, 0.5) is 11.4 Å². The van der Waals surface area contributed by atoms with Crippen molar-refractivity contribution in [1.82, 2.24) is 0 Å². The fraction of sp³-hybridized carbons (Fsp3) is 0.100. The molecule has 3 rings (SSSR count). The van der Waals surface area contributed by atoms with Crippen molar-refractivity contribution in [2.24, 2.45) is 0 Å². The number of rotatable bonds is 6. The van der Waals surface area contributed by atoms with Crippen molar-refractivity contribution >= 4 is 23.1 Å². The first kappa shape index (κ1) is 17.0. The summed E-state index contributed by atoms with van der Waals surface area (Å²) in [5, 5.41) is 14.3. The van der Waals surface area contributed by atoms with Crippen LogP contribution < -0.4 is 5.32 Å². The molecule has 0 aromatic heterocycles. The van der Waals surface area contributed by atoms with Crippen molar-refractivity contribution in [3.8, 4) is 0 Å². The van der Waals surface area contributed by atoms with Gasteiger partial charge in [-0.25, -0.2) is 0 Å². The second-order valence-corrected chi connectivity index (χ2v) is 6.85. The van der Waals surface area contributed by atoms with E-state index in [1.165, 1.54) is 17.7 Å². The van der Waals surface area contributed by atoms with Gasteiger partial charge in [0.1, 0.15) is 5.37 Å². The number of nitrogens with one attached hydrogen (secondary N) is 1. The number of anilines is 1. The highest BCUT2D eigenvalue weighted by Gasteiger charge is 2.14. The van der Waals surface area contributed by atoms with Crippen LogP contribution in [0.5, 0.6) is 0 Å². The van der Waals surface area contributed by atoms with E-state index >= 15 is 0 Å². The van der Waals surface area contributed by atoms with E-state index in [1.807, 2.05) is 18.2 Å². The number of non-ortho nitro benzene ring substituents is 1. The zero-order chi connectivity index (χ0) is 17.6. The van der Waals surface area contributed by atoms with Gasteiger partial charge in [0.15, 0.2) is 0 Å². The van der Waals surface area contributed by atoms with E-state index in [-0.39, 0.29) is 16.0 Å². The van der Waals surface area contributed by atoms with Gasteiger partial charge in [0.25, 0.3) is 5.69 Å². The fourth-order valence-corrected chi connectivity index (χ4v) is 3.45. The molecule has 1 unspecified atom stereocenters. The minimum absolute atomic E-state index is 0.00497. The summed E-state index contributed by atoms with van der Waals surface area (Å²) >= 11 is 1.71. The largest absolute Gasteiger partial charge is 0.369 e. The molecule has 0 saturated carbocycles. The van der Waals surface area contributed by atoms with Crippen LogP contribution in [0, 0.1) is 17.0 Å². The van der Waals surface area contributed by atoms with Gasteiger partial charge in [-0.15, -0.1) is 0 Å². The van der Waals surface area contributed by atoms with Gasteiger partial charge < -0.3 is 5.32 Å². The molecule has 126 valence electrons. The molecule has 0 bridgehead atoms. The molecule has 0 fully saturated rings. The minimum Gasteiger partial charge on any atom is -0.369 e. The maximum Gasteiger partial charge on any atom is 0.269 e. The standard InChI is InChI=1S/C20H18N2O2S/c1-15-7-13-19(14-8-15)25-20(16-5-3-2-4-6-16)21-17-9-11-18(12-10-17)22(23)24/h2-14,20-21H,1H3. The lowest BCUT2D eigenvalue weighted by Crippen LogP contribution is -2.07. The van der Waals surface area contributed by atoms with Gasteiger partial charge in [-0.2, -0.15) is 0 Å². The predicted molar refractivity (Wildman–Crippen MR) is 103 cm³/mol. The number of hydrogen-bond donors (Lipinski definition) is 1. The van der Waals surface area contributed by atoms with Crippen LogP contribution in [0.3, 0.4) is 0 Å². The van der Waals surface area contributed by atoms with Crippen LogP contribution in [0.1, 0.15) is 16.5 Å². The molecular formula is C20H18N2O2S. The Morgan fingerprint density at radius 2 is 1.56 bits per heavy atom. The van der Waals surface area contributed by atoms with E-state index < -0.39 is 0 Å². The Morgan fingerprint density at radius 3 is 2.16 bits per heavy atom. The Labute approximate surface area is 151 Å². The topological polar surface area (TPSA) is 55.2 Å². The van der Waals surface area contributed by atoms with Crippen LogP contribution in [0.2, 0.25) is 0 Å². The molecule has 3 aromatic carbocycles. The average Bonchev–Trinajstić information content (AvgIpc) is 2.64. The zero-order valence-corrected chi connectivity index (χ0v) is 14.6. The lowest BCUT2D eigenvalue weighted by Gasteiger charge is -2.20. The first-order valence-corrected chi connectivity index (χ1v) is 8.79. The lowest BCUT2D eigenvalue weighted by molar-refractivity contribution is -0.384. The maximum absolute atomic E-state index is 10.8. The van der Waals surface area contributed by atoms with E-state index in [0.717, 1.165) is 16.1 Å². The van der Waals surface area contributed by atoms with E-state index in [0.29, 0.717) is 0 Å². The van der Waals surface area contributed by atoms with Crippen molar-refractivity contribution in [3.05, 3.63) is 100 Å². The molecule has 0 spiro atoms. The normalized spacial score (nSPS) is 11.7. The third-order valence-electron chi connectivity index (χ3n) is 3.75. The zero-order valence-electron chi connectivity index (χ0n) is 13.8. The lowest BCUT2D eigenvalue weighted by atomic mass is 10.2. The molecule has 0 aliphatic rings. The Hall–Kier alpha value is -2.79.